The van der Waals surface area contributed by atoms with E-state index in [9.17, 15) is 13.6 Å². The summed E-state index contributed by atoms with van der Waals surface area (Å²) in [4.78, 5) is 13.8. The van der Waals surface area contributed by atoms with Crippen LogP contribution in [-0.2, 0) is 11.9 Å². The predicted molar refractivity (Wildman–Crippen MR) is 105 cm³/mol. The molecule has 1 N–H and O–H groups in total. The lowest BCUT2D eigenvalue weighted by atomic mass is 9.87. The van der Waals surface area contributed by atoms with E-state index in [0.29, 0.717) is 0 Å². The number of benzene rings is 1. The molecule has 3 nitrogen and oxygen atoms in total. The quantitative estimate of drug-likeness (QED) is 0.529. The lowest BCUT2D eigenvalue weighted by Crippen LogP contribution is -2.32. The Morgan fingerprint density at radius 1 is 1.18 bits per heavy atom. The monoisotopic (exact) mass is 396 g/mol. The smallest absolute Gasteiger partial charge is 0.255 e. The molecule has 0 fully saturated rings. The molecule has 0 aliphatic heterocycles. The average molecular weight is 397 g/mol. The van der Waals surface area contributed by atoms with Gasteiger partial charge in [-0.3, -0.25) is 4.79 Å². The van der Waals surface area contributed by atoms with Crippen molar-refractivity contribution in [3.05, 3.63) is 93.7 Å². The van der Waals surface area contributed by atoms with Gasteiger partial charge in [0.05, 0.1) is 0 Å². The highest BCUT2D eigenvalue weighted by molar-refractivity contribution is 6.26. The molecule has 0 aliphatic rings. The summed E-state index contributed by atoms with van der Waals surface area (Å²) in [5.41, 5.74) is 0.308. The molecule has 1 atom stereocenters. The summed E-state index contributed by atoms with van der Waals surface area (Å²) in [7, 11) is 1.55. The Labute approximate surface area is 166 Å². The van der Waals surface area contributed by atoms with Crippen molar-refractivity contribution in [2.45, 2.75) is 11.3 Å². The van der Waals surface area contributed by atoms with E-state index in [1.165, 1.54) is 10.6 Å². The second-order valence-corrected chi connectivity index (χ2v) is 6.74. The van der Waals surface area contributed by atoms with Crippen LogP contribution in [0.2, 0.25) is 0 Å². The van der Waals surface area contributed by atoms with E-state index < -0.39 is 22.1 Å². The number of aromatic amines is 1. The Bertz CT molecular complexity index is 1180. The summed E-state index contributed by atoms with van der Waals surface area (Å²) in [5, 5.41) is 0. The Hall–Kier alpha value is -3.28. The van der Waals surface area contributed by atoms with E-state index in [2.05, 4.69) is 28.7 Å². The van der Waals surface area contributed by atoms with Crippen molar-refractivity contribution in [3.63, 3.8) is 0 Å². The van der Waals surface area contributed by atoms with Crippen LogP contribution in [0.15, 0.2) is 59.8 Å². The van der Waals surface area contributed by atoms with Crippen LogP contribution >= 0.6 is 11.6 Å². The van der Waals surface area contributed by atoms with Gasteiger partial charge in [0.2, 0.25) is 0 Å². The van der Waals surface area contributed by atoms with Gasteiger partial charge in [-0.2, -0.15) is 0 Å². The highest BCUT2D eigenvalue weighted by atomic mass is 35.5. The maximum Gasteiger partial charge on any atom is 0.255 e. The van der Waals surface area contributed by atoms with Crippen molar-refractivity contribution >= 4 is 11.6 Å². The fraction of sp³-hybridized carbons (Fsp3) is 0.136. The second kappa shape index (κ2) is 8.17. The van der Waals surface area contributed by atoms with Gasteiger partial charge in [0, 0.05) is 48.7 Å². The SMILES string of the molecule is Cn1cccc(C(Cl)(CC#CC#Cc2cc[nH]c2)c2cc(F)ccc2F)c1=O. The summed E-state index contributed by atoms with van der Waals surface area (Å²) >= 11 is 6.75. The average Bonchev–Trinajstić information content (AvgIpc) is 3.19. The first-order valence-electron chi connectivity index (χ1n) is 8.34. The Morgan fingerprint density at radius 3 is 2.75 bits per heavy atom. The summed E-state index contributed by atoms with van der Waals surface area (Å²) in [6.45, 7) is 0. The fourth-order valence-corrected chi connectivity index (χ4v) is 3.11. The van der Waals surface area contributed by atoms with Gasteiger partial charge in [0.1, 0.15) is 16.5 Å². The zero-order valence-electron chi connectivity index (χ0n) is 14.9. The lowest BCUT2D eigenvalue weighted by Gasteiger charge is -2.26. The van der Waals surface area contributed by atoms with Crippen molar-refractivity contribution in [1.29, 1.82) is 0 Å². The largest absolute Gasteiger partial charge is 0.367 e. The summed E-state index contributed by atoms with van der Waals surface area (Å²) in [6, 6.07) is 7.86. The van der Waals surface area contributed by atoms with Crippen LogP contribution in [0.4, 0.5) is 8.78 Å². The molecule has 2 heterocycles. The molecule has 3 aromatic rings. The lowest BCUT2D eigenvalue weighted by molar-refractivity contribution is 0.560. The maximum absolute atomic E-state index is 14.5. The van der Waals surface area contributed by atoms with Crippen LogP contribution in [0.25, 0.3) is 0 Å². The Morgan fingerprint density at radius 2 is 2.00 bits per heavy atom. The third-order valence-electron chi connectivity index (χ3n) is 4.19. The van der Waals surface area contributed by atoms with Gasteiger partial charge >= 0.3 is 0 Å². The molecule has 0 saturated carbocycles. The van der Waals surface area contributed by atoms with E-state index in [4.69, 9.17) is 11.6 Å². The molecule has 0 spiro atoms. The number of nitrogens with one attached hydrogen (secondary N) is 1. The zero-order valence-corrected chi connectivity index (χ0v) is 15.6. The third-order valence-corrected chi connectivity index (χ3v) is 4.73. The molecule has 0 bridgehead atoms. The number of hydrogen-bond acceptors (Lipinski definition) is 1. The van der Waals surface area contributed by atoms with Gasteiger partial charge in [-0.15, -0.1) is 11.6 Å². The molecular weight excluding hydrogens is 382 g/mol. The molecule has 140 valence electrons. The minimum absolute atomic E-state index is 0.108. The van der Waals surface area contributed by atoms with Crippen molar-refractivity contribution in [3.8, 4) is 23.7 Å². The normalized spacial score (nSPS) is 12.3. The highest BCUT2D eigenvalue weighted by Gasteiger charge is 2.36. The zero-order chi connectivity index (χ0) is 20.1. The second-order valence-electron chi connectivity index (χ2n) is 6.09. The molecule has 1 aromatic carbocycles. The molecule has 0 radical (unpaired) electrons. The van der Waals surface area contributed by atoms with Crippen LogP contribution in [0.3, 0.4) is 0 Å². The van der Waals surface area contributed by atoms with Crippen LogP contribution in [-0.4, -0.2) is 9.55 Å². The predicted octanol–water partition coefficient (Wildman–Crippen LogP) is 3.92. The summed E-state index contributed by atoms with van der Waals surface area (Å²) < 4.78 is 29.6. The van der Waals surface area contributed by atoms with Crippen LogP contribution in [0, 0.1) is 35.3 Å². The number of pyridine rings is 1. The first kappa shape index (κ1) is 19.5. The number of aromatic nitrogens is 2. The number of nitrogens with zero attached hydrogens (tertiary/aromatic N) is 1. The molecule has 0 saturated heterocycles. The number of aryl methyl sites for hydroxylation is 1. The molecule has 6 heteroatoms. The van der Waals surface area contributed by atoms with E-state index in [0.717, 1.165) is 23.8 Å². The fourth-order valence-electron chi connectivity index (χ4n) is 2.75. The molecule has 28 heavy (non-hydrogen) atoms. The van der Waals surface area contributed by atoms with Crippen LogP contribution in [0.5, 0.6) is 0 Å². The van der Waals surface area contributed by atoms with Crippen molar-refractivity contribution in [1.82, 2.24) is 9.55 Å². The number of H-pyrrole nitrogens is 1. The summed E-state index contributed by atoms with van der Waals surface area (Å²) in [6.07, 6.45) is 4.88. The van der Waals surface area contributed by atoms with Crippen LogP contribution < -0.4 is 5.56 Å². The Kier molecular flexibility index (Phi) is 5.68. The molecule has 0 amide bonds. The van der Waals surface area contributed by atoms with Crippen LogP contribution in [0.1, 0.15) is 23.1 Å². The van der Waals surface area contributed by atoms with Gasteiger partial charge in [-0.05, 0) is 48.2 Å². The number of hydrogen-bond donors (Lipinski definition) is 1. The minimum atomic E-state index is -1.66. The van der Waals surface area contributed by atoms with E-state index in [1.807, 2.05) is 0 Å². The van der Waals surface area contributed by atoms with E-state index >= 15 is 0 Å². The highest BCUT2D eigenvalue weighted by Crippen LogP contribution is 2.39. The van der Waals surface area contributed by atoms with Gasteiger partial charge in [0.15, 0.2) is 0 Å². The topological polar surface area (TPSA) is 37.8 Å². The maximum atomic E-state index is 14.5. The first-order chi connectivity index (χ1) is 13.4. The Balaban J connectivity index is 2.06. The van der Waals surface area contributed by atoms with Crippen molar-refractivity contribution in [2.75, 3.05) is 0 Å². The molecule has 2 aromatic heterocycles. The molecule has 3 rings (SSSR count). The van der Waals surface area contributed by atoms with Gasteiger partial charge in [0.25, 0.3) is 5.56 Å². The standard InChI is InChI=1S/C22H15ClF2N2O/c1-27-13-5-7-18(21(27)28)22(23,19-14-17(24)8-9-20(19)25)11-4-2-3-6-16-10-12-26-15-16/h5,7-10,12-15,26H,11H2,1H3. The number of alkyl halides is 1. The molecule has 0 aliphatic carbocycles. The van der Waals surface area contributed by atoms with Gasteiger partial charge in [-0.1, -0.05) is 11.8 Å². The van der Waals surface area contributed by atoms with Gasteiger partial charge < -0.3 is 9.55 Å². The van der Waals surface area contributed by atoms with E-state index in [-0.39, 0.29) is 17.5 Å². The number of rotatable bonds is 3. The van der Waals surface area contributed by atoms with E-state index in [1.54, 1.807) is 37.8 Å². The molecule has 1 unspecified atom stereocenters. The minimum Gasteiger partial charge on any atom is -0.367 e. The van der Waals surface area contributed by atoms with Crippen molar-refractivity contribution in [2.24, 2.45) is 7.05 Å². The first-order valence-corrected chi connectivity index (χ1v) is 8.72. The molecular formula is C22H15ClF2N2O. The number of halogens is 3. The van der Waals surface area contributed by atoms with Gasteiger partial charge in [-0.25, -0.2) is 8.78 Å². The third kappa shape index (κ3) is 4.01. The summed E-state index contributed by atoms with van der Waals surface area (Å²) in [5.74, 6) is 9.56. The van der Waals surface area contributed by atoms with Crippen molar-refractivity contribution < 1.29 is 8.78 Å².